The Bertz CT molecular complexity index is 1020. The molecule has 0 atom stereocenters. The highest BCUT2D eigenvalue weighted by atomic mass is 16.2. The largest absolute Gasteiger partial charge is 0.326 e. The number of carbonyl (C=O) groups is 1. The molecule has 0 aliphatic rings. The molecular formula is C22H26N4O2. The third kappa shape index (κ3) is 4.11. The number of hydrogen-bond donors (Lipinski definition) is 1. The molecule has 2 aromatic heterocycles. The number of pyridine rings is 1. The lowest BCUT2D eigenvalue weighted by molar-refractivity contribution is -0.120. The van der Waals surface area contributed by atoms with Gasteiger partial charge in [0, 0.05) is 17.8 Å². The van der Waals surface area contributed by atoms with Gasteiger partial charge in [0.25, 0.3) is 5.56 Å². The van der Waals surface area contributed by atoms with E-state index in [1.807, 2.05) is 24.3 Å². The third-order valence-corrected chi connectivity index (χ3v) is 4.85. The summed E-state index contributed by atoms with van der Waals surface area (Å²) in [6.07, 6.45) is 5.39. The van der Waals surface area contributed by atoms with E-state index in [1.54, 1.807) is 29.8 Å². The highest BCUT2D eigenvalue weighted by molar-refractivity contribution is 5.92. The van der Waals surface area contributed by atoms with Gasteiger partial charge in [-0.2, -0.15) is 0 Å². The monoisotopic (exact) mass is 378 g/mol. The van der Waals surface area contributed by atoms with E-state index in [0.29, 0.717) is 22.5 Å². The molecule has 146 valence electrons. The van der Waals surface area contributed by atoms with Crippen LogP contribution in [0.15, 0.2) is 47.4 Å². The fourth-order valence-electron chi connectivity index (χ4n) is 3.47. The van der Waals surface area contributed by atoms with Crippen molar-refractivity contribution in [3.05, 3.63) is 58.8 Å². The molecule has 28 heavy (non-hydrogen) atoms. The quantitative estimate of drug-likeness (QED) is 0.667. The van der Waals surface area contributed by atoms with E-state index >= 15 is 0 Å². The number of aryl methyl sites for hydroxylation is 1. The summed E-state index contributed by atoms with van der Waals surface area (Å²) in [6, 6.07) is 10.7. The Labute approximate surface area is 164 Å². The smallest absolute Gasteiger partial charge is 0.267 e. The van der Waals surface area contributed by atoms with Crippen LogP contribution >= 0.6 is 0 Å². The van der Waals surface area contributed by atoms with Crippen molar-refractivity contribution in [3.63, 3.8) is 0 Å². The summed E-state index contributed by atoms with van der Waals surface area (Å²) in [7, 11) is 0. The fraction of sp³-hybridized carbons (Fsp3) is 0.364. The summed E-state index contributed by atoms with van der Waals surface area (Å²) in [4.78, 5) is 34.0. The number of fused-ring (bicyclic) bond motifs is 1. The zero-order valence-corrected chi connectivity index (χ0v) is 16.6. The first-order valence-electron chi connectivity index (χ1n) is 9.80. The van der Waals surface area contributed by atoms with Crippen LogP contribution in [0.1, 0.15) is 45.4 Å². The van der Waals surface area contributed by atoms with Crippen molar-refractivity contribution in [1.82, 2.24) is 14.5 Å². The van der Waals surface area contributed by atoms with Gasteiger partial charge in [-0.05, 0) is 56.2 Å². The van der Waals surface area contributed by atoms with Crippen molar-refractivity contribution >= 4 is 22.6 Å². The first-order valence-corrected chi connectivity index (χ1v) is 9.80. The molecule has 0 radical (unpaired) electrons. The number of carbonyl (C=O) groups excluding carboxylic acids is 1. The van der Waals surface area contributed by atoms with Gasteiger partial charge in [0.2, 0.25) is 5.91 Å². The van der Waals surface area contributed by atoms with E-state index in [4.69, 9.17) is 0 Å². The van der Waals surface area contributed by atoms with Gasteiger partial charge in [0.05, 0.1) is 11.1 Å². The van der Waals surface area contributed by atoms with Crippen LogP contribution in [0, 0.1) is 12.8 Å². The lowest BCUT2D eigenvalue weighted by atomic mass is 9.97. The Balaban J connectivity index is 1.86. The minimum absolute atomic E-state index is 0.0386. The summed E-state index contributed by atoms with van der Waals surface area (Å²) in [5, 5.41) is 3.48. The Morgan fingerprint density at radius 1 is 1.11 bits per heavy atom. The molecule has 6 heteroatoms. The molecule has 3 aromatic rings. The van der Waals surface area contributed by atoms with Gasteiger partial charge < -0.3 is 5.32 Å². The third-order valence-electron chi connectivity index (χ3n) is 4.85. The van der Waals surface area contributed by atoms with E-state index in [-0.39, 0.29) is 17.4 Å². The molecule has 0 fully saturated rings. The second-order valence-electron chi connectivity index (χ2n) is 6.98. The van der Waals surface area contributed by atoms with Crippen molar-refractivity contribution in [1.29, 1.82) is 0 Å². The number of aromatic nitrogens is 3. The molecule has 1 amide bonds. The topological polar surface area (TPSA) is 76.9 Å². The molecule has 0 spiro atoms. The molecule has 0 saturated heterocycles. The number of benzene rings is 1. The zero-order chi connectivity index (χ0) is 20.1. The van der Waals surface area contributed by atoms with Crippen molar-refractivity contribution in [2.45, 2.75) is 46.5 Å². The number of anilines is 1. The molecule has 0 aliphatic carbocycles. The highest BCUT2D eigenvalue weighted by Crippen LogP contribution is 2.19. The summed E-state index contributed by atoms with van der Waals surface area (Å²) in [6.45, 7) is 5.97. The summed E-state index contributed by atoms with van der Waals surface area (Å²) >= 11 is 0. The SMILES string of the molecule is CCCC(CCC)C(=O)Nc1ccc(-n2c(C)nc3ncccc3c2=O)cc1. The van der Waals surface area contributed by atoms with Gasteiger partial charge in [-0.15, -0.1) is 0 Å². The second-order valence-corrected chi connectivity index (χ2v) is 6.98. The lowest BCUT2D eigenvalue weighted by Gasteiger charge is -2.16. The number of hydrogen-bond acceptors (Lipinski definition) is 4. The molecule has 1 N–H and O–H groups in total. The molecule has 2 heterocycles. The van der Waals surface area contributed by atoms with Crippen LogP contribution in [-0.2, 0) is 4.79 Å². The van der Waals surface area contributed by atoms with Crippen LogP contribution in [0.3, 0.4) is 0 Å². The van der Waals surface area contributed by atoms with Crippen LogP contribution < -0.4 is 10.9 Å². The molecule has 0 aliphatic heterocycles. The summed E-state index contributed by atoms with van der Waals surface area (Å²) < 4.78 is 1.56. The minimum atomic E-state index is -0.154. The Kier molecular flexibility index (Phi) is 6.19. The number of nitrogens with one attached hydrogen (secondary N) is 1. The van der Waals surface area contributed by atoms with E-state index < -0.39 is 0 Å². The zero-order valence-electron chi connectivity index (χ0n) is 16.6. The van der Waals surface area contributed by atoms with Gasteiger partial charge in [-0.3, -0.25) is 14.2 Å². The predicted molar refractivity (Wildman–Crippen MR) is 112 cm³/mol. The lowest BCUT2D eigenvalue weighted by Crippen LogP contribution is -2.23. The molecule has 3 rings (SSSR count). The molecule has 6 nitrogen and oxygen atoms in total. The van der Waals surface area contributed by atoms with Crippen molar-refractivity contribution in [3.8, 4) is 5.69 Å². The minimum Gasteiger partial charge on any atom is -0.326 e. The molecular weight excluding hydrogens is 352 g/mol. The maximum atomic E-state index is 12.9. The number of amides is 1. The first kappa shape index (κ1) is 19.7. The average Bonchev–Trinajstić information content (AvgIpc) is 2.69. The molecule has 0 bridgehead atoms. The van der Waals surface area contributed by atoms with Crippen LogP contribution in [-0.4, -0.2) is 20.4 Å². The van der Waals surface area contributed by atoms with Gasteiger partial charge in [0.1, 0.15) is 5.82 Å². The van der Waals surface area contributed by atoms with Gasteiger partial charge in [-0.25, -0.2) is 9.97 Å². The van der Waals surface area contributed by atoms with Crippen LogP contribution in [0.5, 0.6) is 0 Å². The van der Waals surface area contributed by atoms with Gasteiger partial charge in [-0.1, -0.05) is 26.7 Å². The number of rotatable bonds is 7. The highest BCUT2D eigenvalue weighted by Gasteiger charge is 2.17. The van der Waals surface area contributed by atoms with Crippen molar-refractivity contribution < 1.29 is 4.79 Å². The normalized spacial score (nSPS) is 11.1. The maximum absolute atomic E-state index is 12.9. The Hall–Kier alpha value is -3.02. The van der Waals surface area contributed by atoms with Gasteiger partial charge >= 0.3 is 0 Å². The fourth-order valence-corrected chi connectivity index (χ4v) is 3.47. The summed E-state index contributed by atoms with van der Waals surface area (Å²) in [5.74, 6) is 0.666. The van der Waals surface area contributed by atoms with E-state index in [1.165, 1.54) is 0 Å². The van der Waals surface area contributed by atoms with E-state index in [0.717, 1.165) is 31.4 Å². The van der Waals surface area contributed by atoms with Crippen LogP contribution in [0.4, 0.5) is 5.69 Å². The number of nitrogens with zero attached hydrogens (tertiary/aromatic N) is 3. The average molecular weight is 378 g/mol. The molecule has 1 aromatic carbocycles. The van der Waals surface area contributed by atoms with Gasteiger partial charge in [0.15, 0.2) is 5.65 Å². The van der Waals surface area contributed by atoms with Crippen molar-refractivity contribution in [2.24, 2.45) is 5.92 Å². The molecule has 0 saturated carbocycles. The Morgan fingerprint density at radius 2 is 1.79 bits per heavy atom. The summed E-state index contributed by atoms with van der Waals surface area (Å²) in [5.41, 5.74) is 1.73. The van der Waals surface area contributed by atoms with Crippen LogP contribution in [0.2, 0.25) is 0 Å². The predicted octanol–water partition coefficient (Wildman–Crippen LogP) is 4.24. The van der Waals surface area contributed by atoms with E-state index in [2.05, 4.69) is 29.1 Å². The molecule has 0 unspecified atom stereocenters. The standard InChI is InChI=1S/C22H26N4O2/c1-4-7-16(8-5-2)21(27)25-17-10-12-18(13-11-17)26-15(3)24-20-19(22(26)28)9-6-14-23-20/h6,9-14,16H,4-5,7-8H2,1-3H3,(H,25,27). The van der Waals surface area contributed by atoms with Crippen molar-refractivity contribution in [2.75, 3.05) is 5.32 Å². The second kappa shape index (κ2) is 8.78. The van der Waals surface area contributed by atoms with E-state index in [9.17, 15) is 9.59 Å². The first-order chi connectivity index (χ1) is 13.5. The van der Waals surface area contributed by atoms with Crippen LogP contribution in [0.25, 0.3) is 16.7 Å². The Morgan fingerprint density at radius 3 is 2.43 bits per heavy atom. The maximum Gasteiger partial charge on any atom is 0.267 e.